The number of nitrogens with zero attached hydrogens (tertiary/aromatic N) is 1. The summed E-state index contributed by atoms with van der Waals surface area (Å²) in [5, 5.41) is 10.5. The maximum Gasteiger partial charge on any atom is 0.325 e. The molecule has 7 heteroatoms. The Balaban J connectivity index is 1.53. The molecule has 27 heavy (non-hydrogen) atoms. The highest BCUT2D eigenvalue weighted by molar-refractivity contribution is 7.14. The zero-order valence-electron chi connectivity index (χ0n) is 15.1. The van der Waals surface area contributed by atoms with Crippen LogP contribution in [-0.2, 0) is 11.2 Å². The molecule has 0 aliphatic carbocycles. The van der Waals surface area contributed by atoms with Gasteiger partial charge in [-0.25, -0.2) is 9.78 Å². The molecule has 6 nitrogen and oxygen atoms in total. The van der Waals surface area contributed by atoms with Gasteiger partial charge in [-0.2, -0.15) is 0 Å². The van der Waals surface area contributed by atoms with Crippen LogP contribution in [-0.4, -0.2) is 16.9 Å². The van der Waals surface area contributed by atoms with Crippen LogP contribution in [0.2, 0.25) is 0 Å². The lowest BCUT2D eigenvalue weighted by atomic mass is 10.2. The number of carbonyl (C=O) groups is 2. The van der Waals surface area contributed by atoms with E-state index in [4.69, 9.17) is 0 Å². The fourth-order valence-corrected chi connectivity index (χ4v) is 3.12. The van der Waals surface area contributed by atoms with Gasteiger partial charge in [-0.15, -0.1) is 11.3 Å². The molecule has 0 radical (unpaired) electrons. The van der Waals surface area contributed by atoms with Gasteiger partial charge in [-0.3, -0.25) is 10.1 Å². The number of hydrogen-bond donors (Lipinski definition) is 3. The van der Waals surface area contributed by atoms with Crippen LogP contribution < -0.4 is 16.0 Å². The summed E-state index contributed by atoms with van der Waals surface area (Å²) in [6.07, 6.45) is 0.145. The number of thiazole rings is 1. The number of amides is 3. The minimum atomic E-state index is -0.371. The molecule has 3 rings (SSSR count). The topological polar surface area (TPSA) is 83.1 Å². The molecule has 138 valence electrons. The van der Waals surface area contributed by atoms with E-state index in [1.807, 2.05) is 62.4 Å². The van der Waals surface area contributed by atoms with Gasteiger partial charge in [-0.1, -0.05) is 35.9 Å². The van der Waals surface area contributed by atoms with Crippen LogP contribution in [0.15, 0.2) is 53.9 Å². The minimum absolute atomic E-state index is 0.145. The van der Waals surface area contributed by atoms with Crippen molar-refractivity contribution in [2.45, 2.75) is 20.3 Å². The predicted octanol–water partition coefficient (Wildman–Crippen LogP) is 4.59. The summed E-state index contributed by atoms with van der Waals surface area (Å²) < 4.78 is 0. The monoisotopic (exact) mass is 380 g/mol. The summed E-state index contributed by atoms with van der Waals surface area (Å²) >= 11 is 1.28. The highest BCUT2D eigenvalue weighted by atomic mass is 32.1. The summed E-state index contributed by atoms with van der Waals surface area (Å²) in [5.74, 6) is -0.148. The van der Waals surface area contributed by atoms with Crippen molar-refractivity contribution in [1.29, 1.82) is 0 Å². The number of benzene rings is 2. The molecule has 1 aromatic heterocycles. The third kappa shape index (κ3) is 5.39. The van der Waals surface area contributed by atoms with Crippen molar-refractivity contribution >= 4 is 39.8 Å². The SMILES string of the molecule is Cc1ccc(NC(=O)Nc2nc(CC(=O)Nc3ccccc3C)cs2)cc1. The maximum absolute atomic E-state index is 12.2. The zero-order valence-corrected chi connectivity index (χ0v) is 15.9. The van der Waals surface area contributed by atoms with E-state index in [0.717, 1.165) is 16.8 Å². The molecule has 3 N–H and O–H groups in total. The van der Waals surface area contributed by atoms with Gasteiger partial charge in [0.05, 0.1) is 12.1 Å². The number of carbonyl (C=O) groups excluding carboxylic acids is 2. The van der Waals surface area contributed by atoms with E-state index in [9.17, 15) is 9.59 Å². The van der Waals surface area contributed by atoms with Crippen molar-refractivity contribution < 1.29 is 9.59 Å². The molecule has 0 fully saturated rings. The molecule has 0 spiro atoms. The number of aromatic nitrogens is 1. The van der Waals surface area contributed by atoms with Crippen LogP contribution in [0.1, 0.15) is 16.8 Å². The number of rotatable bonds is 5. The Bertz CT molecular complexity index is 951. The Kier molecular flexibility index (Phi) is 5.83. The van der Waals surface area contributed by atoms with Gasteiger partial charge in [0.25, 0.3) is 0 Å². The number of urea groups is 1. The third-order valence-corrected chi connectivity index (χ3v) is 4.65. The number of anilines is 3. The van der Waals surface area contributed by atoms with Gasteiger partial charge in [0.2, 0.25) is 5.91 Å². The standard InChI is InChI=1S/C20H20N4O2S/c1-13-7-9-15(10-8-13)21-19(26)24-20-22-16(12-27-20)11-18(25)23-17-6-4-3-5-14(17)2/h3-10,12H,11H2,1-2H3,(H,23,25)(H2,21,22,24,26). The van der Waals surface area contributed by atoms with Gasteiger partial charge >= 0.3 is 6.03 Å². The third-order valence-electron chi connectivity index (χ3n) is 3.84. The number of nitrogens with one attached hydrogen (secondary N) is 3. The summed E-state index contributed by atoms with van der Waals surface area (Å²) in [5.41, 5.74) is 4.21. The van der Waals surface area contributed by atoms with E-state index in [0.29, 0.717) is 16.5 Å². The second-order valence-corrected chi connectivity index (χ2v) is 6.99. The van der Waals surface area contributed by atoms with E-state index in [1.54, 1.807) is 5.38 Å². The highest BCUT2D eigenvalue weighted by Gasteiger charge is 2.11. The van der Waals surface area contributed by atoms with Crippen LogP contribution in [0.3, 0.4) is 0 Å². The first-order chi connectivity index (χ1) is 13.0. The average molecular weight is 380 g/mol. The van der Waals surface area contributed by atoms with Crippen LogP contribution in [0.25, 0.3) is 0 Å². The van der Waals surface area contributed by atoms with Gasteiger partial charge < -0.3 is 10.6 Å². The molecule has 2 aromatic carbocycles. The number of hydrogen-bond acceptors (Lipinski definition) is 4. The maximum atomic E-state index is 12.2. The smallest absolute Gasteiger partial charge is 0.325 e. The molecule has 0 unspecified atom stereocenters. The van der Waals surface area contributed by atoms with E-state index in [-0.39, 0.29) is 18.4 Å². The second kappa shape index (κ2) is 8.46. The van der Waals surface area contributed by atoms with Crippen LogP contribution in [0, 0.1) is 13.8 Å². The average Bonchev–Trinajstić information content (AvgIpc) is 3.05. The molecule has 3 amide bonds. The van der Waals surface area contributed by atoms with Crippen molar-refractivity contribution in [3.8, 4) is 0 Å². The van der Waals surface area contributed by atoms with Gasteiger partial charge in [0, 0.05) is 16.8 Å². The quantitative estimate of drug-likeness (QED) is 0.606. The molecule has 0 atom stereocenters. The van der Waals surface area contributed by atoms with Gasteiger partial charge in [0.15, 0.2) is 5.13 Å². The Morgan fingerprint density at radius 3 is 2.44 bits per heavy atom. The highest BCUT2D eigenvalue weighted by Crippen LogP contribution is 2.18. The van der Waals surface area contributed by atoms with Crippen molar-refractivity contribution in [2.75, 3.05) is 16.0 Å². The first-order valence-corrected chi connectivity index (χ1v) is 9.32. The van der Waals surface area contributed by atoms with Crippen molar-refractivity contribution in [1.82, 2.24) is 4.98 Å². The molecule has 3 aromatic rings. The van der Waals surface area contributed by atoms with Crippen molar-refractivity contribution in [3.63, 3.8) is 0 Å². The summed E-state index contributed by atoms with van der Waals surface area (Å²) in [6, 6.07) is 14.7. The molecule has 0 aliphatic heterocycles. The lowest BCUT2D eigenvalue weighted by Gasteiger charge is -2.07. The molecular weight excluding hydrogens is 360 g/mol. The van der Waals surface area contributed by atoms with Crippen LogP contribution in [0.5, 0.6) is 0 Å². The van der Waals surface area contributed by atoms with Crippen molar-refractivity contribution in [2.24, 2.45) is 0 Å². The Hall–Kier alpha value is -3.19. The molecular formula is C20H20N4O2S. The van der Waals surface area contributed by atoms with Gasteiger partial charge in [0.1, 0.15) is 0 Å². The van der Waals surface area contributed by atoms with Crippen LogP contribution in [0.4, 0.5) is 21.3 Å². The molecule has 0 saturated heterocycles. The molecule has 0 saturated carbocycles. The van der Waals surface area contributed by atoms with Crippen molar-refractivity contribution in [3.05, 3.63) is 70.7 Å². The van der Waals surface area contributed by atoms with E-state index < -0.39 is 0 Å². The first-order valence-electron chi connectivity index (χ1n) is 8.44. The Morgan fingerprint density at radius 1 is 0.963 bits per heavy atom. The fourth-order valence-electron chi connectivity index (χ4n) is 2.41. The summed E-state index contributed by atoms with van der Waals surface area (Å²) in [7, 11) is 0. The zero-order chi connectivity index (χ0) is 19.2. The minimum Gasteiger partial charge on any atom is -0.326 e. The van der Waals surface area contributed by atoms with Crippen LogP contribution >= 0.6 is 11.3 Å². The van der Waals surface area contributed by atoms with E-state index in [1.165, 1.54) is 11.3 Å². The van der Waals surface area contributed by atoms with Gasteiger partial charge in [-0.05, 0) is 37.6 Å². The van der Waals surface area contributed by atoms with E-state index in [2.05, 4.69) is 20.9 Å². The lowest BCUT2D eigenvalue weighted by molar-refractivity contribution is -0.115. The molecule has 0 aliphatic rings. The summed E-state index contributed by atoms with van der Waals surface area (Å²) in [4.78, 5) is 28.5. The summed E-state index contributed by atoms with van der Waals surface area (Å²) in [6.45, 7) is 3.92. The Labute approximate surface area is 161 Å². The fraction of sp³-hybridized carbons (Fsp3) is 0.150. The number of para-hydroxylation sites is 1. The Morgan fingerprint density at radius 2 is 1.70 bits per heavy atom. The molecule has 1 heterocycles. The lowest BCUT2D eigenvalue weighted by Crippen LogP contribution is -2.19. The first kappa shape index (κ1) is 18.6. The largest absolute Gasteiger partial charge is 0.326 e. The predicted molar refractivity (Wildman–Crippen MR) is 109 cm³/mol. The normalized spacial score (nSPS) is 10.3. The van der Waals surface area contributed by atoms with E-state index >= 15 is 0 Å². The molecule has 0 bridgehead atoms. The second-order valence-electron chi connectivity index (χ2n) is 6.13. The number of aryl methyl sites for hydroxylation is 2.